The Morgan fingerprint density at radius 2 is 2.02 bits per heavy atom. The maximum absolute atomic E-state index is 14.7. The SMILES string of the molecule is Cc1cc(Nc2ncnc3cc4c(nc23)N2CCN(C(=O)/C=C/C3(F)CN(C)C3)[C@H](CO4)C2)ccc1Oc1ccn2ncnc2c1. The Morgan fingerprint density at radius 1 is 1.13 bits per heavy atom. The van der Waals surface area contributed by atoms with Crippen molar-refractivity contribution in [2.75, 3.05) is 56.6 Å². The van der Waals surface area contributed by atoms with Crippen LogP contribution in [0.25, 0.3) is 16.7 Å². The second-order valence-electron chi connectivity index (χ2n) is 12.0. The highest BCUT2D eigenvalue weighted by Gasteiger charge is 2.40. The summed E-state index contributed by atoms with van der Waals surface area (Å²) in [4.78, 5) is 37.0. The third kappa shape index (κ3) is 5.19. The number of rotatable bonds is 6. The first-order valence-electron chi connectivity index (χ1n) is 15.1. The lowest BCUT2D eigenvalue weighted by atomic mass is 9.96. The van der Waals surface area contributed by atoms with Crippen LogP contribution in [-0.4, -0.2) is 103 Å². The molecule has 3 aliphatic heterocycles. The lowest BCUT2D eigenvalue weighted by molar-refractivity contribution is -0.129. The zero-order chi connectivity index (χ0) is 31.4. The van der Waals surface area contributed by atoms with E-state index in [1.165, 1.54) is 24.8 Å². The molecule has 0 unspecified atom stereocenters. The van der Waals surface area contributed by atoms with Gasteiger partial charge in [-0.1, -0.05) is 0 Å². The largest absolute Gasteiger partial charge is 0.487 e. The van der Waals surface area contributed by atoms with Gasteiger partial charge >= 0.3 is 0 Å². The van der Waals surface area contributed by atoms with Crippen LogP contribution in [0.3, 0.4) is 0 Å². The fourth-order valence-electron chi connectivity index (χ4n) is 6.29. The number of carbonyl (C=O) groups is 1. The van der Waals surface area contributed by atoms with Gasteiger partial charge in [0.15, 0.2) is 28.7 Å². The van der Waals surface area contributed by atoms with Gasteiger partial charge in [0.05, 0.1) is 11.6 Å². The summed E-state index contributed by atoms with van der Waals surface area (Å²) < 4.78 is 28.7. The van der Waals surface area contributed by atoms with Crippen LogP contribution >= 0.6 is 0 Å². The van der Waals surface area contributed by atoms with Gasteiger partial charge in [0.2, 0.25) is 5.91 Å². The predicted molar refractivity (Wildman–Crippen MR) is 169 cm³/mol. The third-order valence-corrected chi connectivity index (χ3v) is 8.56. The van der Waals surface area contributed by atoms with Crippen molar-refractivity contribution in [2.45, 2.75) is 18.6 Å². The molecule has 0 aliphatic carbocycles. The Balaban J connectivity index is 1.00. The zero-order valence-electron chi connectivity index (χ0n) is 25.3. The summed E-state index contributed by atoms with van der Waals surface area (Å²) in [6.45, 7) is 4.47. The number of fused-ring (bicyclic) bond motifs is 6. The maximum Gasteiger partial charge on any atom is 0.246 e. The average molecular weight is 623 g/mol. The van der Waals surface area contributed by atoms with Crippen LogP contribution in [0.1, 0.15) is 5.56 Å². The molecule has 0 spiro atoms. The van der Waals surface area contributed by atoms with Crippen LogP contribution in [0.15, 0.2) is 67.4 Å². The Kier molecular flexibility index (Phi) is 6.67. The van der Waals surface area contributed by atoms with E-state index in [2.05, 4.69) is 30.3 Å². The molecule has 0 saturated carbocycles. The van der Waals surface area contributed by atoms with Crippen molar-refractivity contribution < 1.29 is 18.7 Å². The van der Waals surface area contributed by atoms with Crippen LogP contribution in [-0.2, 0) is 4.79 Å². The first-order valence-corrected chi connectivity index (χ1v) is 15.1. The highest BCUT2D eigenvalue weighted by Crippen LogP contribution is 2.36. The number of anilines is 3. The summed E-state index contributed by atoms with van der Waals surface area (Å²) in [6.07, 6.45) is 7.56. The third-order valence-electron chi connectivity index (χ3n) is 8.56. The van der Waals surface area contributed by atoms with E-state index < -0.39 is 5.67 Å². The van der Waals surface area contributed by atoms with Crippen LogP contribution in [0.2, 0.25) is 0 Å². The van der Waals surface area contributed by atoms with Crippen molar-refractivity contribution in [1.29, 1.82) is 0 Å². The fourth-order valence-corrected chi connectivity index (χ4v) is 6.29. The molecule has 234 valence electrons. The lowest BCUT2D eigenvalue weighted by Crippen LogP contribution is -2.57. The minimum atomic E-state index is -1.44. The number of amides is 1. The number of aryl methyl sites for hydroxylation is 1. The van der Waals surface area contributed by atoms with Crippen molar-refractivity contribution in [3.05, 3.63) is 73.0 Å². The number of likely N-dealkylation sites (tertiary alicyclic amines) is 1. The van der Waals surface area contributed by atoms with Crippen molar-refractivity contribution in [3.8, 4) is 17.2 Å². The number of hydrogen-bond acceptors (Lipinski definition) is 11. The van der Waals surface area contributed by atoms with Gasteiger partial charge in [0.1, 0.15) is 36.3 Å². The number of pyridine rings is 2. The van der Waals surface area contributed by atoms with Gasteiger partial charge in [0, 0.05) is 62.8 Å². The number of nitrogens with one attached hydrogen (secondary N) is 1. The summed E-state index contributed by atoms with van der Waals surface area (Å²) in [5, 5.41) is 7.51. The normalized spacial score (nSPS) is 19.1. The van der Waals surface area contributed by atoms with Crippen LogP contribution in [0.5, 0.6) is 17.2 Å². The molecular weight excluding hydrogens is 591 g/mol. The van der Waals surface area contributed by atoms with Gasteiger partial charge in [-0.15, -0.1) is 0 Å². The molecule has 46 heavy (non-hydrogen) atoms. The van der Waals surface area contributed by atoms with Gasteiger partial charge in [-0.2, -0.15) is 5.10 Å². The lowest BCUT2D eigenvalue weighted by Gasteiger charge is -2.41. The number of benzene rings is 1. The number of carbonyl (C=O) groups excluding carboxylic acids is 1. The van der Waals surface area contributed by atoms with E-state index in [9.17, 15) is 9.18 Å². The minimum Gasteiger partial charge on any atom is -0.487 e. The van der Waals surface area contributed by atoms with E-state index >= 15 is 0 Å². The number of ether oxygens (including phenoxy) is 2. The van der Waals surface area contributed by atoms with E-state index in [-0.39, 0.29) is 11.9 Å². The van der Waals surface area contributed by atoms with E-state index in [0.29, 0.717) is 84.9 Å². The molecule has 1 amide bonds. The molecule has 2 saturated heterocycles. The first kappa shape index (κ1) is 28.1. The minimum absolute atomic E-state index is 0.200. The standard InChI is InChI=1S/C32H31FN10O3/c1-20-11-21(3-4-25(20)46-23-6-8-43-27(12-23)35-19-37-43)38-30-29-24(34-18-36-30)13-26-31(39-29)41-9-10-42(22(14-41)15-45-26)28(44)5-7-32(33)16-40(2)17-32/h3-8,11-13,18-19,22H,9-10,14-17H2,1-2H3,(H,34,36,38)/b7-5+/t22-/m0/s1. The van der Waals surface area contributed by atoms with Crippen LogP contribution < -0.4 is 19.7 Å². The Labute approximate surface area is 263 Å². The zero-order valence-corrected chi connectivity index (χ0v) is 25.3. The number of halogens is 1. The molecular formula is C32H31FN10O3. The average Bonchev–Trinajstić information content (AvgIpc) is 3.46. The Hall–Kier alpha value is -5.37. The molecule has 5 aromatic rings. The van der Waals surface area contributed by atoms with Crippen molar-refractivity contribution in [1.82, 2.24) is 39.3 Å². The molecule has 1 N–H and O–H groups in total. The topological polar surface area (TPSA) is 126 Å². The fraction of sp³-hybridized carbons (Fsp3) is 0.312. The smallest absolute Gasteiger partial charge is 0.246 e. The molecule has 4 aromatic heterocycles. The van der Waals surface area contributed by atoms with E-state index in [0.717, 1.165) is 11.3 Å². The summed E-state index contributed by atoms with van der Waals surface area (Å²) in [7, 11) is 1.85. The second kappa shape index (κ2) is 10.9. The molecule has 3 aliphatic rings. The highest BCUT2D eigenvalue weighted by atomic mass is 19.1. The number of aromatic nitrogens is 6. The van der Waals surface area contributed by atoms with Crippen molar-refractivity contribution in [3.63, 3.8) is 0 Å². The van der Waals surface area contributed by atoms with Crippen LogP contribution in [0.4, 0.5) is 21.7 Å². The molecule has 1 aromatic carbocycles. The van der Waals surface area contributed by atoms with E-state index in [4.69, 9.17) is 14.5 Å². The Morgan fingerprint density at radius 3 is 2.87 bits per heavy atom. The Bertz CT molecular complexity index is 2010. The number of piperazine rings is 1. The molecule has 14 heteroatoms. The monoisotopic (exact) mass is 622 g/mol. The summed E-state index contributed by atoms with van der Waals surface area (Å²) in [5.74, 6) is 3.01. The van der Waals surface area contributed by atoms with Gasteiger partial charge in [-0.05, 0) is 49.9 Å². The molecule has 2 bridgehead atoms. The number of hydrogen-bond donors (Lipinski definition) is 1. The predicted octanol–water partition coefficient (Wildman–Crippen LogP) is 3.53. The summed E-state index contributed by atoms with van der Waals surface area (Å²) in [5.41, 5.74) is 2.23. The van der Waals surface area contributed by atoms with Gasteiger partial charge in [-0.25, -0.2) is 28.8 Å². The molecule has 0 radical (unpaired) electrons. The van der Waals surface area contributed by atoms with Crippen molar-refractivity contribution in [2.24, 2.45) is 0 Å². The molecule has 1 atom stereocenters. The summed E-state index contributed by atoms with van der Waals surface area (Å²) >= 11 is 0. The van der Waals surface area contributed by atoms with Crippen molar-refractivity contribution >= 4 is 39.9 Å². The van der Waals surface area contributed by atoms with Gasteiger partial charge in [0.25, 0.3) is 0 Å². The first-order chi connectivity index (χ1) is 22.3. The number of alkyl halides is 1. The van der Waals surface area contributed by atoms with Gasteiger partial charge in [-0.3, -0.25) is 9.69 Å². The summed E-state index contributed by atoms with van der Waals surface area (Å²) in [6, 6.07) is 11.1. The maximum atomic E-state index is 14.7. The van der Waals surface area contributed by atoms with Gasteiger partial charge < -0.3 is 24.6 Å². The molecule has 13 nitrogen and oxygen atoms in total. The molecule has 2 fully saturated rings. The quantitative estimate of drug-likeness (QED) is 0.280. The molecule has 7 heterocycles. The highest BCUT2D eigenvalue weighted by molar-refractivity contribution is 5.91. The second-order valence-corrected chi connectivity index (χ2v) is 12.0. The number of nitrogens with zero attached hydrogens (tertiary/aromatic N) is 9. The van der Waals surface area contributed by atoms with Crippen LogP contribution in [0, 0.1) is 6.92 Å². The van der Waals surface area contributed by atoms with E-state index in [1.807, 2.05) is 55.3 Å². The van der Waals surface area contributed by atoms with E-state index in [1.54, 1.807) is 15.6 Å². The molecule has 8 rings (SSSR count).